The Labute approximate surface area is 299 Å². The molecule has 2 atom stereocenters. The summed E-state index contributed by atoms with van der Waals surface area (Å²) in [5.41, 5.74) is 7.31. The van der Waals surface area contributed by atoms with E-state index in [0.29, 0.717) is 72.4 Å². The molecule has 4 aliphatic heterocycles. The molecule has 1 unspecified atom stereocenters. The van der Waals surface area contributed by atoms with Crippen LogP contribution in [0.2, 0.25) is 5.02 Å². The van der Waals surface area contributed by atoms with Crippen molar-refractivity contribution in [1.82, 2.24) is 20.2 Å². The van der Waals surface area contributed by atoms with Gasteiger partial charge in [0.05, 0.1) is 21.5 Å². The van der Waals surface area contributed by atoms with Crippen molar-refractivity contribution >= 4 is 50.4 Å². The molecule has 4 aliphatic rings. The van der Waals surface area contributed by atoms with Crippen LogP contribution in [0.3, 0.4) is 0 Å². The van der Waals surface area contributed by atoms with Crippen LogP contribution in [0.15, 0.2) is 42.5 Å². The Hall–Kier alpha value is -4.37. The van der Waals surface area contributed by atoms with Crippen molar-refractivity contribution in [2.75, 3.05) is 50.0 Å². The summed E-state index contributed by atoms with van der Waals surface area (Å²) in [6, 6.07) is 5.81. The Bertz CT molecular complexity index is 2160. The second-order valence-electron chi connectivity index (χ2n) is 13.8. The van der Waals surface area contributed by atoms with Crippen LogP contribution in [-0.2, 0) is 0 Å². The molecule has 3 N–H and O–H groups in total. The number of ether oxygens (including phenoxy) is 1. The third-order valence-corrected chi connectivity index (χ3v) is 10.7. The first-order chi connectivity index (χ1) is 24.5. The maximum Gasteiger partial charge on any atom is 0.319 e. The minimum atomic E-state index is -1.66. The number of nitrogens with zero attached hydrogens (tertiary/aromatic N) is 4. The van der Waals surface area contributed by atoms with Crippen LogP contribution in [0, 0.1) is 24.0 Å². The molecule has 4 aromatic rings. The Morgan fingerprint density at radius 2 is 1.96 bits per heavy atom. The first-order valence-corrected chi connectivity index (χ1v) is 17.7. The van der Waals surface area contributed by atoms with Crippen LogP contribution in [0.1, 0.15) is 57.1 Å². The Morgan fingerprint density at radius 3 is 2.71 bits per heavy atom. The Kier molecular flexibility index (Phi) is 9.37. The van der Waals surface area contributed by atoms with Crippen LogP contribution >= 0.6 is 11.6 Å². The summed E-state index contributed by atoms with van der Waals surface area (Å²) in [4.78, 5) is 13.6. The zero-order valence-corrected chi connectivity index (χ0v) is 29.4. The SMILES string of the molecule is C#Cc1c(F)ccc2cc(N)cc(-c3c(Cl)c4c5c(nc(OCC67CCCN6CC(=C(F)F)C7)nc5c3F)N3CCNC[C@H]3CC4=C)c12.CCC. The van der Waals surface area contributed by atoms with Gasteiger partial charge in [-0.2, -0.15) is 18.7 Å². The van der Waals surface area contributed by atoms with Gasteiger partial charge in [0.1, 0.15) is 23.8 Å². The normalized spacial score (nSPS) is 21.2. The lowest BCUT2D eigenvalue weighted by molar-refractivity contribution is 0.108. The standard InChI is InChI=1S/C36H31ClF4N6O.C3H8/c1-3-23-25(38)6-5-19-12-21(42)13-24(27(19)23)28-30(37)26-18(2)11-22-15-43-8-10-47(22)34-29(26)32(31(28)39)44-35(45-34)48-17-36-7-4-9-46(36)16-20(14-36)33(40)41;1-3-2/h1,5-6,12-13,22,43H,2,4,7-11,14-17,42H2;3H2,1-2H3/t22-,36?;/m1./s1. The van der Waals surface area contributed by atoms with Crippen molar-refractivity contribution in [3.05, 3.63) is 70.3 Å². The van der Waals surface area contributed by atoms with Crippen molar-refractivity contribution in [2.45, 2.75) is 57.5 Å². The van der Waals surface area contributed by atoms with E-state index in [9.17, 15) is 8.78 Å². The highest BCUT2D eigenvalue weighted by Crippen LogP contribution is 2.50. The van der Waals surface area contributed by atoms with Gasteiger partial charge in [0.25, 0.3) is 6.08 Å². The number of piperazine rings is 1. The number of halogens is 5. The van der Waals surface area contributed by atoms with Gasteiger partial charge in [-0.3, -0.25) is 4.90 Å². The molecule has 0 bridgehead atoms. The van der Waals surface area contributed by atoms with E-state index in [1.165, 1.54) is 24.6 Å². The lowest BCUT2D eigenvalue weighted by Gasteiger charge is -2.36. The monoisotopic (exact) mass is 718 g/mol. The summed E-state index contributed by atoms with van der Waals surface area (Å²) in [6.07, 6.45) is 7.59. The smallest absolute Gasteiger partial charge is 0.319 e. The average molecular weight is 719 g/mol. The molecule has 5 heterocycles. The summed E-state index contributed by atoms with van der Waals surface area (Å²) in [7, 11) is 0. The molecule has 0 spiro atoms. The maximum absolute atomic E-state index is 17.3. The molecule has 8 rings (SSSR count). The number of fused-ring (bicyclic) bond motifs is 4. The van der Waals surface area contributed by atoms with Gasteiger partial charge >= 0.3 is 6.01 Å². The molecule has 3 aromatic carbocycles. The summed E-state index contributed by atoms with van der Waals surface area (Å²) in [5, 5.41) is 4.67. The zero-order valence-electron chi connectivity index (χ0n) is 28.6. The lowest BCUT2D eigenvalue weighted by Crippen LogP contribution is -2.51. The summed E-state index contributed by atoms with van der Waals surface area (Å²) in [6.45, 7) is 11.4. The number of benzene rings is 3. The van der Waals surface area contributed by atoms with Crippen LogP contribution in [0.5, 0.6) is 6.01 Å². The van der Waals surface area contributed by atoms with E-state index in [1.807, 2.05) is 4.90 Å². The first-order valence-electron chi connectivity index (χ1n) is 17.3. The fourth-order valence-electron chi connectivity index (χ4n) is 8.18. The van der Waals surface area contributed by atoms with Gasteiger partial charge in [-0.25, -0.2) is 8.78 Å². The molecule has 1 aromatic heterocycles. The Balaban J connectivity index is 0.00000131. The predicted molar refractivity (Wildman–Crippen MR) is 196 cm³/mol. The highest BCUT2D eigenvalue weighted by Gasteiger charge is 2.48. The van der Waals surface area contributed by atoms with E-state index in [4.69, 9.17) is 33.5 Å². The van der Waals surface area contributed by atoms with Crippen molar-refractivity contribution < 1.29 is 22.3 Å². The molecule has 0 saturated carbocycles. The van der Waals surface area contributed by atoms with Gasteiger partial charge in [-0.15, -0.1) is 6.42 Å². The van der Waals surface area contributed by atoms with E-state index in [-0.39, 0.29) is 69.8 Å². The number of nitrogens with one attached hydrogen (secondary N) is 1. The van der Waals surface area contributed by atoms with Gasteiger partial charge in [0.15, 0.2) is 5.82 Å². The van der Waals surface area contributed by atoms with Crippen molar-refractivity contribution in [3.63, 3.8) is 0 Å². The average Bonchev–Trinajstić information content (AvgIpc) is 3.62. The molecular weight excluding hydrogens is 680 g/mol. The number of rotatable bonds is 4. The molecular formula is C39H39ClF4N6O. The summed E-state index contributed by atoms with van der Waals surface area (Å²) >= 11 is 7.19. The minimum Gasteiger partial charge on any atom is -0.461 e. The number of aromatic nitrogens is 2. The Morgan fingerprint density at radius 1 is 1.18 bits per heavy atom. The summed E-state index contributed by atoms with van der Waals surface area (Å²) < 4.78 is 66.0. The fourth-order valence-corrected chi connectivity index (χ4v) is 8.60. The molecule has 266 valence electrons. The number of anilines is 2. The van der Waals surface area contributed by atoms with Gasteiger partial charge in [-0.05, 0) is 66.9 Å². The minimum absolute atomic E-state index is 0.0436. The maximum atomic E-state index is 17.3. The van der Waals surface area contributed by atoms with Crippen LogP contribution in [0.25, 0.3) is 38.4 Å². The first kappa shape index (κ1) is 35.1. The lowest BCUT2D eigenvalue weighted by atomic mass is 9.89. The third-order valence-electron chi connectivity index (χ3n) is 10.3. The van der Waals surface area contributed by atoms with Gasteiger partial charge in [0, 0.05) is 60.0 Å². The molecule has 3 fully saturated rings. The molecule has 0 radical (unpaired) electrons. The highest BCUT2D eigenvalue weighted by molar-refractivity contribution is 6.37. The second kappa shape index (κ2) is 13.6. The second-order valence-corrected chi connectivity index (χ2v) is 14.2. The van der Waals surface area contributed by atoms with E-state index < -0.39 is 23.3 Å². The molecule has 0 amide bonds. The number of hydrogen-bond donors (Lipinski definition) is 2. The van der Waals surface area contributed by atoms with Crippen LogP contribution < -0.4 is 20.7 Å². The molecule has 12 heteroatoms. The van der Waals surface area contributed by atoms with Gasteiger partial charge in [-0.1, -0.05) is 50.4 Å². The number of terminal acetylenes is 1. The van der Waals surface area contributed by atoms with Gasteiger partial charge in [0.2, 0.25) is 0 Å². The fraction of sp³-hybridized carbons (Fsp3) is 0.385. The highest BCUT2D eigenvalue weighted by atomic mass is 35.5. The van der Waals surface area contributed by atoms with Crippen molar-refractivity contribution in [2.24, 2.45) is 0 Å². The molecule has 51 heavy (non-hydrogen) atoms. The topological polar surface area (TPSA) is 79.5 Å². The molecule has 0 aliphatic carbocycles. The zero-order chi connectivity index (χ0) is 36.2. The molecule has 7 nitrogen and oxygen atoms in total. The van der Waals surface area contributed by atoms with Crippen LogP contribution in [0.4, 0.5) is 29.1 Å². The predicted octanol–water partition coefficient (Wildman–Crippen LogP) is 8.32. The third kappa shape index (κ3) is 5.87. The number of nitrogens with two attached hydrogens (primary N) is 1. The van der Waals surface area contributed by atoms with E-state index in [0.717, 1.165) is 6.42 Å². The molecule has 3 saturated heterocycles. The van der Waals surface area contributed by atoms with E-state index in [1.54, 1.807) is 6.07 Å². The van der Waals surface area contributed by atoms with Crippen molar-refractivity contribution in [1.29, 1.82) is 0 Å². The van der Waals surface area contributed by atoms with Crippen molar-refractivity contribution in [3.8, 4) is 29.5 Å². The largest absolute Gasteiger partial charge is 0.461 e. The number of hydrogen-bond acceptors (Lipinski definition) is 7. The number of nitrogen functional groups attached to an aromatic ring is 1. The quantitative estimate of drug-likeness (QED) is 0.125. The van der Waals surface area contributed by atoms with E-state index >= 15 is 8.78 Å². The van der Waals surface area contributed by atoms with Gasteiger partial charge < -0.3 is 20.7 Å². The summed E-state index contributed by atoms with van der Waals surface area (Å²) in [5.74, 6) is 1.45. The van der Waals surface area contributed by atoms with Crippen LogP contribution in [-0.4, -0.2) is 65.8 Å². The van der Waals surface area contributed by atoms with E-state index in [2.05, 4.69) is 41.5 Å².